The van der Waals surface area contributed by atoms with Crippen molar-refractivity contribution >= 4 is 129 Å². The largest absolute Gasteiger partial charge is 0.493 e. The number of thiazole rings is 1. The number of aromatic nitrogens is 7. The molecule has 10 rings (SSSR count). The summed E-state index contributed by atoms with van der Waals surface area (Å²) in [6.45, 7) is 19.4. The minimum Gasteiger partial charge on any atom is -0.493 e. The number of fused-ring (bicyclic) bond motifs is 1. The number of H-pyrrole nitrogens is 1. The van der Waals surface area contributed by atoms with Gasteiger partial charge in [-0.2, -0.15) is 5.10 Å². The molecule has 0 bridgehead atoms. The van der Waals surface area contributed by atoms with Gasteiger partial charge in [0.2, 0.25) is 0 Å². The first-order valence-electron chi connectivity index (χ1n) is 27.8. The molecule has 0 aliphatic rings. The van der Waals surface area contributed by atoms with E-state index < -0.39 is 26.3 Å². The van der Waals surface area contributed by atoms with Crippen LogP contribution in [-0.2, 0) is 38.0 Å². The molecule has 25 heteroatoms. The maximum Gasteiger partial charge on any atom is 0.310 e. The lowest BCUT2D eigenvalue weighted by Gasteiger charge is -2.20. The highest BCUT2D eigenvalue weighted by Gasteiger charge is 2.22. The second kappa shape index (κ2) is 28.6. The number of aromatic amines is 1. The van der Waals surface area contributed by atoms with E-state index in [2.05, 4.69) is 93.9 Å². The third-order valence-corrected chi connectivity index (χ3v) is 18.0. The van der Waals surface area contributed by atoms with E-state index in [1.165, 1.54) is 6.20 Å². The Kier molecular flexibility index (Phi) is 21.3. The van der Waals surface area contributed by atoms with Crippen LogP contribution in [0.2, 0.25) is 5.02 Å². The van der Waals surface area contributed by atoms with Crippen LogP contribution < -0.4 is 41.9 Å². The van der Waals surface area contributed by atoms with E-state index in [0.717, 1.165) is 82.7 Å². The zero-order valence-corrected chi connectivity index (χ0v) is 55.1. The lowest BCUT2D eigenvalue weighted by atomic mass is 9.91. The first kappa shape index (κ1) is 65.5. The van der Waals surface area contributed by atoms with E-state index in [-0.39, 0.29) is 11.1 Å². The first-order chi connectivity index (χ1) is 41.6. The first-order valence-corrected chi connectivity index (χ1v) is 37.1. The topological polar surface area (TPSA) is 269 Å². The summed E-state index contributed by atoms with van der Waals surface area (Å²) in [4.78, 5) is 32.4. The van der Waals surface area contributed by atoms with Gasteiger partial charge in [-0.3, -0.25) is 20.2 Å². The van der Waals surface area contributed by atoms with Crippen LogP contribution >= 0.6 is 44.4 Å². The summed E-state index contributed by atoms with van der Waals surface area (Å²) in [7, 11) is -4.97. The summed E-state index contributed by atoms with van der Waals surface area (Å²) in [6.07, 6.45) is 10.8. The number of nitrogens with zero attached hydrogens (tertiary/aromatic N) is 7. The van der Waals surface area contributed by atoms with Gasteiger partial charge < -0.3 is 50.3 Å². The highest BCUT2D eigenvalue weighted by molar-refractivity contribution is 7.70. The number of pyridine rings is 4. The van der Waals surface area contributed by atoms with Crippen LogP contribution in [-0.4, -0.2) is 87.1 Å². The van der Waals surface area contributed by atoms with E-state index in [1.54, 1.807) is 126 Å². The Bertz CT molecular complexity index is 4210. The minimum atomic E-state index is -2.32. The molecule has 0 saturated heterocycles. The molecule has 0 spiro atoms. The van der Waals surface area contributed by atoms with Crippen molar-refractivity contribution in [2.24, 2.45) is 0 Å². The van der Waals surface area contributed by atoms with E-state index in [9.17, 15) is 23.8 Å². The Morgan fingerprint density at radius 2 is 1.19 bits per heavy atom. The maximum absolute atomic E-state index is 12.2. The van der Waals surface area contributed by atoms with Crippen molar-refractivity contribution in [3.05, 3.63) is 201 Å². The molecule has 10 aromatic rings. The fourth-order valence-electron chi connectivity index (χ4n) is 8.97. The number of aryl methyl sites for hydroxylation is 1. The number of halogens is 1. The second-order valence-corrected chi connectivity index (χ2v) is 34.9. The van der Waals surface area contributed by atoms with E-state index in [4.69, 9.17) is 16.3 Å². The van der Waals surface area contributed by atoms with Gasteiger partial charge in [-0.05, 0) is 136 Å². The molecular weight excluding hydrogens is 1210 g/mol. The number of ether oxygens (including phenoxy) is 1. The van der Waals surface area contributed by atoms with Crippen molar-refractivity contribution in [2.45, 2.75) is 52.0 Å². The third-order valence-electron chi connectivity index (χ3n) is 12.9. The quantitative estimate of drug-likeness (QED) is 0.0212. The number of methoxy groups -OCH3 is 1. The highest BCUT2D eigenvalue weighted by atomic mass is 35.5. The molecule has 0 saturated carbocycles. The van der Waals surface area contributed by atoms with Gasteiger partial charge in [0.25, 0.3) is 0 Å². The van der Waals surface area contributed by atoms with Crippen LogP contribution in [0.15, 0.2) is 159 Å². The summed E-state index contributed by atoms with van der Waals surface area (Å²) in [5.41, 5.74) is 11.0. The fourth-order valence-corrected chi connectivity index (χ4v) is 13.0. The van der Waals surface area contributed by atoms with Crippen molar-refractivity contribution in [1.82, 2.24) is 35.1 Å². The minimum absolute atomic E-state index is 0.0847. The standard InChI is InChI=1S/C22H22ClN4OPS.C22H30N5O2P.C19H20N5O3P/c1-14-25-20-10-17(7-8-21(20)30-14)26-19-11-22(24-12-18(19)23)27-16-6-4-5-15(9-16)13-29(2,3)28;1-22(2,3)21-18(12-24-27-21)26-17-11-20(23-13-19(17)29-4)25-16-9-7-8-15(10-16)14-30(5,6)28;1-28(2,27)16-7-5-15(6-8-16)23-19-10-17(18(13-22-19)24(25)26)21-12-14-4-3-9-20-11-14/h4-12H,13H2,1-3H3,(H2,24,26,27);7-13H,14H2,1-6H3,(H,24,27)(H2,23,25,26);3-11,13H,12H2,1-2H3,(H2,21,22,23). The van der Waals surface area contributed by atoms with Gasteiger partial charge in [0, 0.05) is 82.9 Å². The van der Waals surface area contributed by atoms with Gasteiger partial charge in [-0.1, -0.05) is 62.7 Å². The molecule has 0 aliphatic carbocycles. The number of rotatable bonds is 20. The smallest absolute Gasteiger partial charge is 0.310 e. The molecule has 0 radical (unpaired) electrons. The van der Waals surface area contributed by atoms with Gasteiger partial charge in [-0.15, -0.1) is 11.3 Å². The van der Waals surface area contributed by atoms with Crippen molar-refractivity contribution in [3.8, 4) is 5.75 Å². The number of hydrogen-bond acceptors (Lipinski definition) is 19. The normalized spacial score (nSPS) is 11.5. The average molecular weight is 1280 g/mol. The summed E-state index contributed by atoms with van der Waals surface area (Å²) >= 11 is 8.05. The van der Waals surface area contributed by atoms with Crippen molar-refractivity contribution in [3.63, 3.8) is 0 Å². The average Bonchev–Trinajstić information content (AvgIpc) is 4.16. The van der Waals surface area contributed by atoms with Gasteiger partial charge in [0.15, 0.2) is 5.75 Å². The number of benzene rings is 4. The summed E-state index contributed by atoms with van der Waals surface area (Å²) in [5.74, 6) is 2.43. The Labute approximate surface area is 521 Å². The molecule has 20 nitrogen and oxygen atoms in total. The number of anilines is 11. The molecule has 6 aromatic heterocycles. The van der Waals surface area contributed by atoms with Crippen LogP contribution in [0.4, 0.5) is 68.6 Å². The molecule has 0 unspecified atom stereocenters. The molecule has 0 fully saturated rings. The van der Waals surface area contributed by atoms with Crippen LogP contribution in [0.25, 0.3) is 10.2 Å². The fraction of sp³-hybridized carbons (Fsp3) is 0.238. The number of hydrogen-bond donors (Lipinski definition) is 7. The van der Waals surface area contributed by atoms with Gasteiger partial charge >= 0.3 is 5.69 Å². The van der Waals surface area contributed by atoms with Gasteiger partial charge in [-0.25, -0.2) is 19.9 Å². The van der Waals surface area contributed by atoms with E-state index in [0.29, 0.717) is 52.8 Å². The number of nitro groups is 1. The van der Waals surface area contributed by atoms with E-state index in [1.807, 2.05) is 85.8 Å². The lowest BCUT2D eigenvalue weighted by Crippen LogP contribution is -2.14. The molecular formula is C63H72ClN14O6P3S. The maximum atomic E-state index is 12.2. The molecule has 458 valence electrons. The van der Waals surface area contributed by atoms with Crippen molar-refractivity contribution in [1.29, 1.82) is 0 Å². The lowest BCUT2D eigenvalue weighted by molar-refractivity contribution is -0.384. The Balaban J connectivity index is 0.000000171. The SMILES string of the molecule is COc1cnc(Nc2cccc(CP(C)(C)=O)c2)cc1Nc1cn[nH]c1C(C)(C)C.CP(C)(=O)c1ccc(Nc2cc(NCc3cccnc3)c([N+](=O)[O-])cn2)cc1.Cc1nc2cc(Nc3cc(Nc4cccc(CP(C)(C)=O)c4)ncc3Cl)ccc2s1. The van der Waals surface area contributed by atoms with Crippen LogP contribution in [0.5, 0.6) is 5.75 Å². The summed E-state index contributed by atoms with van der Waals surface area (Å²) < 4.78 is 43.0. The predicted molar refractivity (Wildman–Crippen MR) is 365 cm³/mol. The molecule has 0 amide bonds. The van der Waals surface area contributed by atoms with Crippen molar-refractivity contribution < 1.29 is 23.4 Å². The van der Waals surface area contributed by atoms with Crippen LogP contribution in [0, 0.1) is 17.0 Å². The van der Waals surface area contributed by atoms with Gasteiger partial charge in [0.1, 0.15) is 36.5 Å². The Hall–Kier alpha value is -8.44. The van der Waals surface area contributed by atoms with E-state index >= 15 is 0 Å². The molecule has 88 heavy (non-hydrogen) atoms. The third kappa shape index (κ3) is 19.5. The monoisotopic (exact) mass is 1280 g/mol. The summed E-state index contributed by atoms with van der Waals surface area (Å²) in [6, 6.07) is 38.2. The number of nitrogens with one attached hydrogen (secondary N) is 7. The molecule has 0 atom stereocenters. The predicted octanol–water partition coefficient (Wildman–Crippen LogP) is 17.0. The zero-order valence-electron chi connectivity index (χ0n) is 50.8. The molecule has 6 heterocycles. The molecule has 4 aromatic carbocycles. The van der Waals surface area contributed by atoms with Crippen LogP contribution in [0.3, 0.4) is 0 Å². The summed E-state index contributed by atoms with van der Waals surface area (Å²) in [5, 5.41) is 40.5. The molecule has 0 aliphatic heterocycles. The van der Waals surface area contributed by atoms with Crippen LogP contribution in [0.1, 0.15) is 48.2 Å². The second-order valence-electron chi connectivity index (χ2n) is 23.1. The Morgan fingerprint density at radius 1 is 0.625 bits per heavy atom. The molecule has 7 N–H and O–H groups in total. The Morgan fingerprint density at radius 3 is 1.77 bits per heavy atom. The van der Waals surface area contributed by atoms with Gasteiger partial charge in [0.05, 0.1) is 87.9 Å². The highest BCUT2D eigenvalue weighted by Crippen LogP contribution is 2.43. The zero-order chi connectivity index (χ0) is 63.4. The van der Waals surface area contributed by atoms with Crippen molar-refractivity contribution in [2.75, 3.05) is 79.0 Å².